The largest absolute Gasteiger partial charge is 0.354 e. The number of halogens is 1. The molecule has 0 heterocycles. The van der Waals surface area contributed by atoms with Crippen LogP contribution in [0.5, 0.6) is 0 Å². The van der Waals surface area contributed by atoms with Crippen LogP contribution in [-0.4, -0.2) is 33.1 Å². The number of urea groups is 1. The molecule has 0 aliphatic heterocycles. The number of methoxy groups -OCH3 is 2. The molecule has 5 nitrogen and oxygen atoms in total. The lowest BCUT2D eigenvalue weighted by Gasteiger charge is -2.14. The van der Waals surface area contributed by atoms with Gasteiger partial charge in [-0.05, 0) is 28.1 Å². The smallest absolute Gasteiger partial charge is 0.319 e. The molecule has 1 aromatic rings. The van der Waals surface area contributed by atoms with Crippen molar-refractivity contribution in [3.8, 4) is 0 Å². The number of carbonyl (C=O) groups is 1. The van der Waals surface area contributed by atoms with Gasteiger partial charge in [-0.2, -0.15) is 0 Å². The van der Waals surface area contributed by atoms with Crippen LogP contribution in [0.25, 0.3) is 0 Å². The van der Waals surface area contributed by atoms with Gasteiger partial charge in [0.25, 0.3) is 0 Å². The first kappa shape index (κ1) is 14.0. The summed E-state index contributed by atoms with van der Waals surface area (Å²) in [6.07, 6.45) is -0.444. The molecule has 0 atom stereocenters. The Bertz CT molecular complexity index is 369. The third-order valence-electron chi connectivity index (χ3n) is 2.08. The SMILES string of the molecule is COC(CNC(=O)Nc1ccccc1Br)OC. The highest BCUT2D eigenvalue weighted by Crippen LogP contribution is 2.20. The highest BCUT2D eigenvalue weighted by atomic mass is 79.9. The van der Waals surface area contributed by atoms with Gasteiger partial charge >= 0.3 is 6.03 Å². The molecule has 94 valence electrons. The maximum absolute atomic E-state index is 11.5. The monoisotopic (exact) mass is 302 g/mol. The van der Waals surface area contributed by atoms with E-state index in [1.807, 2.05) is 18.2 Å². The standard InChI is InChI=1S/C11H15BrN2O3/c1-16-10(17-2)7-13-11(15)14-9-6-4-3-5-8(9)12/h3-6,10H,7H2,1-2H3,(H2,13,14,15). The summed E-state index contributed by atoms with van der Waals surface area (Å²) in [5.74, 6) is 0. The van der Waals surface area contributed by atoms with Crippen LogP contribution in [-0.2, 0) is 9.47 Å². The second-order valence-corrected chi connectivity index (χ2v) is 4.07. The van der Waals surface area contributed by atoms with E-state index in [0.717, 1.165) is 4.47 Å². The molecule has 0 saturated heterocycles. The second kappa shape index (κ2) is 7.26. The quantitative estimate of drug-likeness (QED) is 0.820. The van der Waals surface area contributed by atoms with Crippen LogP contribution in [0.4, 0.5) is 10.5 Å². The highest BCUT2D eigenvalue weighted by Gasteiger charge is 2.08. The zero-order chi connectivity index (χ0) is 12.7. The van der Waals surface area contributed by atoms with E-state index in [4.69, 9.17) is 9.47 Å². The predicted molar refractivity (Wildman–Crippen MR) is 69.0 cm³/mol. The number of carbonyl (C=O) groups excluding carboxylic acids is 1. The minimum atomic E-state index is -0.444. The van der Waals surface area contributed by atoms with E-state index in [1.54, 1.807) is 6.07 Å². The van der Waals surface area contributed by atoms with Crippen molar-refractivity contribution in [3.05, 3.63) is 28.7 Å². The lowest BCUT2D eigenvalue weighted by Crippen LogP contribution is -2.36. The molecule has 0 radical (unpaired) electrons. The highest BCUT2D eigenvalue weighted by molar-refractivity contribution is 9.10. The number of ether oxygens (including phenoxy) is 2. The van der Waals surface area contributed by atoms with E-state index in [1.165, 1.54) is 14.2 Å². The molecule has 1 rings (SSSR count). The fourth-order valence-electron chi connectivity index (χ4n) is 1.17. The van der Waals surface area contributed by atoms with Crippen LogP contribution in [0.3, 0.4) is 0 Å². The van der Waals surface area contributed by atoms with Crippen LogP contribution in [0.2, 0.25) is 0 Å². The summed E-state index contributed by atoms with van der Waals surface area (Å²) in [5, 5.41) is 5.35. The van der Waals surface area contributed by atoms with E-state index in [2.05, 4.69) is 26.6 Å². The van der Waals surface area contributed by atoms with E-state index in [-0.39, 0.29) is 12.6 Å². The third-order valence-corrected chi connectivity index (χ3v) is 2.77. The molecular formula is C11H15BrN2O3. The number of nitrogens with one attached hydrogen (secondary N) is 2. The molecule has 6 heteroatoms. The Kier molecular flexibility index (Phi) is 5.96. The Morgan fingerprint density at radius 3 is 2.59 bits per heavy atom. The van der Waals surface area contributed by atoms with Crippen LogP contribution < -0.4 is 10.6 Å². The van der Waals surface area contributed by atoms with Gasteiger partial charge in [0.1, 0.15) is 0 Å². The Labute approximate surface area is 109 Å². The number of hydrogen-bond donors (Lipinski definition) is 2. The van der Waals surface area contributed by atoms with E-state index in [9.17, 15) is 4.79 Å². The summed E-state index contributed by atoms with van der Waals surface area (Å²) in [5.41, 5.74) is 0.705. The summed E-state index contributed by atoms with van der Waals surface area (Å²) in [6, 6.07) is 7.05. The molecule has 2 amide bonds. The molecule has 0 bridgehead atoms. The molecule has 2 N–H and O–H groups in total. The third kappa shape index (κ3) is 4.72. The van der Waals surface area contributed by atoms with Gasteiger partial charge < -0.3 is 20.1 Å². The number of benzene rings is 1. The zero-order valence-electron chi connectivity index (χ0n) is 9.70. The first-order valence-electron chi connectivity index (χ1n) is 5.02. The minimum Gasteiger partial charge on any atom is -0.354 e. The van der Waals surface area contributed by atoms with Gasteiger partial charge in [-0.25, -0.2) is 4.79 Å². The lowest BCUT2D eigenvalue weighted by atomic mass is 10.3. The molecule has 0 spiro atoms. The molecule has 0 unspecified atom stereocenters. The second-order valence-electron chi connectivity index (χ2n) is 3.22. The first-order valence-corrected chi connectivity index (χ1v) is 5.81. The van der Waals surface area contributed by atoms with Crippen LogP contribution >= 0.6 is 15.9 Å². The number of amides is 2. The van der Waals surface area contributed by atoms with E-state index in [0.29, 0.717) is 5.69 Å². The van der Waals surface area contributed by atoms with Gasteiger partial charge in [-0.3, -0.25) is 0 Å². The van der Waals surface area contributed by atoms with E-state index < -0.39 is 6.29 Å². The van der Waals surface area contributed by atoms with Crippen molar-refractivity contribution >= 4 is 27.6 Å². The van der Waals surface area contributed by atoms with Crippen molar-refractivity contribution < 1.29 is 14.3 Å². The average Bonchev–Trinajstić information content (AvgIpc) is 2.33. The lowest BCUT2D eigenvalue weighted by molar-refractivity contribution is -0.0970. The molecule has 17 heavy (non-hydrogen) atoms. The van der Waals surface area contributed by atoms with Crippen molar-refractivity contribution in [1.82, 2.24) is 5.32 Å². The van der Waals surface area contributed by atoms with Crippen molar-refractivity contribution in [1.29, 1.82) is 0 Å². The normalized spacial score (nSPS) is 10.4. The Morgan fingerprint density at radius 2 is 2.00 bits per heavy atom. The van der Waals surface area contributed by atoms with Crippen molar-refractivity contribution in [2.75, 3.05) is 26.1 Å². The van der Waals surface area contributed by atoms with Gasteiger partial charge in [0.15, 0.2) is 6.29 Å². The average molecular weight is 303 g/mol. The minimum absolute atomic E-state index is 0.281. The maximum atomic E-state index is 11.5. The maximum Gasteiger partial charge on any atom is 0.319 e. The van der Waals surface area contributed by atoms with Gasteiger partial charge in [0.2, 0.25) is 0 Å². The zero-order valence-corrected chi connectivity index (χ0v) is 11.3. The number of hydrogen-bond acceptors (Lipinski definition) is 3. The van der Waals surface area contributed by atoms with Gasteiger partial charge in [-0.15, -0.1) is 0 Å². The Morgan fingerprint density at radius 1 is 1.35 bits per heavy atom. The van der Waals surface area contributed by atoms with Crippen molar-refractivity contribution in [2.24, 2.45) is 0 Å². The topological polar surface area (TPSA) is 59.6 Å². The number of anilines is 1. The molecule has 0 aliphatic rings. The summed E-state index contributed by atoms with van der Waals surface area (Å²) in [6.45, 7) is 0.281. The predicted octanol–water partition coefficient (Wildman–Crippen LogP) is 2.19. The van der Waals surface area contributed by atoms with E-state index >= 15 is 0 Å². The van der Waals surface area contributed by atoms with Crippen molar-refractivity contribution in [3.63, 3.8) is 0 Å². The molecule has 0 saturated carbocycles. The summed E-state index contributed by atoms with van der Waals surface area (Å²) in [7, 11) is 3.03. The molecule has 1 aromatic carbocycles. The summed E-state index contributed by atoms with van der Waals surface area (Å²) < 4.78 is 10.7. The molecule has 0 aromatic heterocycles. The molecule has 0 fully saturated rings. The number of rotatable bonds is 5. The van der Waals surface area contributed by atoms with Crippen molar-refractivity contribution in [2.45, 2.75) is 6.29 Å². The first-order chi connectivity index (χ1) is 8.17. The number of para-hydroxylation sites is 1. The summed E-state index contributed by atoms with van der Waals surface area (Å²) >= 11 is 3.34. The van der Waals surface area contributed by atoms with Crippen LogP contribution in [0.1, 0.15) is 0 Å². The van der Waals surface area contributed by atoms with Gasteiger partial charge in [0.05, 0.1) is 12.2 Å². The summed E-state index contributed by atoms with van der Waals surface area (Å²) in [4.78, 5) is 11.5. The van der Waals surface area contributed by atoms with Crippen LogP contribution in [0, 0.1) is 0 Å². The van der Waals surface area contributed by atoms with Gasteiger partial charge in [-0.1, -0.05) is 12.1 Å². The fraction of sp³-hybridized carbons (Fsp3) is 0.364. The molecule has 0 aliphatic carbocycles. The van der Waals surface area contributed by atoms with Gasteiger partial charge in [0, 0.05) is 18.7 Å². The fourth-order valence-corrected chi connectivity index (χ4v) is 1.55. The Hall–Kier alpha value is -1.11. The molecular weight excluding hydrogens is 288 g/mol. The van der Waals surface area contributed by atoms with Crippen LogP contribution in [0.15, 0.2) is 28.7 Å². The Balaban J connectivity index is 2.42.